The van der Waals surface area contributed by atoms with Gasteiger partial charge >= 0.3 is 5.97 Å². The summed E-state index contributed by atoms with van der Waals surface area (Å²) in [5.74, 6) is 0.441. The van der Waals surface area contributed by atoms with Crippen LogP contribution in [-0.2, 0) is 4.74 Å². The average molecular weight is 256 g/mol. The molecule has 5 heteroatoms. The van der Waals surface area contributed by atoms with Crippen molar-refractivity contribution in [3.05, 3.63) is 11.1 Å². The minimum atomic E-state index is -0.324. The van der Waals surface area contributed by atoms with Gasteiger partial charge < -0.3 is 10.1 Å². The zero-order chi connectivity index (χ0) is 12.7. The van der Waals surface area contributed by atoms with Crippen molar-refractivity contribution in [1.82, 2.24) is 4.98 Å². The van der Waals surface area contributed by atoms with Gasteiger partial charge in [-0.2, -0.15) is 0 Å². The van der Waals surface area contributed by atoms with Gasteiger partial charge in [0.25, 0.3) is 0 Å². The van der Waals surface area contributed by atoms with E-state index in [1.54, 1.807) is 6.20 Å². The van der Waals surface area contributed by atoms with Crippen LogP contribution in [0.1, 0.15) is 42.8 Å². The lowest BCUT2D eigenvalue weighted by molar-refractivity contribution is 0.0606. The Morgan fingerprint density at radius 3 is 2.94 bits per heavy atom. The molecule has 0 unspecified atom stereocenters. The highest BCUT2D eigenvalue weighted by Crippen LogP contribution is 2.18. The number of esters is 1. The van der Waals surface area contributed by atoms with E-state index in [0.717, 1.165) is 24.0 Å². The Balaban J connectivity index is 2.23. The van der Waals surface area contributed by atoms with E-state index in [4.69, 9.17) is 0 Å². The van der Waals surface area contributed by atoms with Crippen molar-refractivity contribution in [2.24, 2.45) is 5.92 Å². The molecule has 0 aliphatic heterocycles. The topological polar surface area (TPSA) is 51.2 Å². The normalized spacial score (nSPS) is 10.6. The Hall–Kier alpha value is -1.10. The van der Waals surface area contributed by atoms with Crippen molar-refractivity contribution >= 4 is 22.4 Å². The molecule has 1 heterocycles. The molecule has 0 aliphatic rings. The molecule has 1 aromatic heterocycles. The standard InChI is InChI=1S/C12H20N2O2S/c1-9(2)6-4-5-7-13-12-14-8-10(17-12)11(15)16-3/h8-9H,4-7H2,1-3H3,(H,13,14). The van der Waals surface area contributed by atoms with Crippen LogP contribution in [0.25, 0.3) is 0 Å². The van der Waals surface area contributed by atoms with Crippen LogP contribution in [0, 0.1) is 5.92 Å². The van der Waals surface area contributed by atoms with Gasteiger partial charge in [-0.25, -0.2) is 9.78 Å². The number of aromatic nitrogens is 1. The first-order valence-corrected chi connectivity index (χ1v) is 6.73. The summed E-state index contributed by atoms with van der Waals surface area (Å²) >= 11 is 1.33. The van der Waals surface area contributed by atoms with E-state index in [1.807, 2.05) is 0 Å². The molecule has 0 fully saturated rings. The van der Waals surface area contributed by atoms with Gasteiger partial charge in [0.2, 0.25) is 0 Å². The van der Waals surface area contributed by atoms with Crippen molar-refractivity contribution < 1.29 is 9.53 Å². The number of methoxy groups -OCH3 is 1. The van der Waals surface area contributed by atoms with Crippen LogP contribution >= 0.6 is 11.3 Å². The second-order valence-electron chi connectivity index (χ2n) is 4.34. The molecule has 0 radical (unpaired) electrons. The quantitative estimate of drug-likeness (QED) is 0.601. The summed E-state index contributed by atoms with van der Waals surface area (Å²) in [6, 6.07) is 0. The number of nitrogens with zero attached hydrogens (tertiary/aromatic N) is 1. The molecule has 1 rings (SSSR count). The van der Waals surface area contributed by atoms with Crippen LogP contribution in [0.3, 0.4) is 0 Å². The zero-order valence-corrected chi connectivity index (χ0v) is 11.5. The summed E-state index contributed by atoms with van der Waals surface area (Å²) in [5, 5.41) is 4.00. The number of ether oxygens (including phenoxy) is 1. The molecule has 0 bridgehead atoms. The van der Waals surface area contributed by atoms with Gasteiger partial charge in [0.1, 0.15) is 4.88 Å². The maximum atomic E-state index is 11.2. The summed E-state index contributed by atoms with van der Waals surface area (Å²) in [6.45, 7) is 5.37. The summed E-state index contributed by atoms with van der Waals surface area (Å²) in [6.07, 6.45) is 5.16. The molecule has 0 atom stereocenters. The molecular weight excluding hydrogens is 236 g/mol. The minimum Gasteiger partial charge on any atom is -0.465 e. The van der Waals surface area contributed by atoms with E-state index < -0.39 is 0 Å². The van der Waals surface area contributed by atoms with Gasteiger partial charge in [-0.15, -0.1) is 0 Å². The highest BCUT2D eigenvalue weighted by Gasteiger charge is 2.09. The monoisotopic (exact) mass is 256 g/mol. The van der Waals surface area contributed by atoms with Crippen molar-refractivity contribution in [1.29, 1.82) is 0 Å². The zero-order valence-electron chi connectivity index (χ0n) is 10.7. The largest absolute Gasteiger partial charge is 0.465 e. The van der Waals surface area contributed by atoms with Gasteiger partial charge in [0, 0.05) is 6.54 Å². The molecule has 0 amide bonds. The van der Waals surface area contributed by atoms with E-state index in [0.29, 0.717) is 4.88 Å². The van der Waals surface area contributed by atoms with E-state index >= 15 is 0 Å². The number of nitrogens with one attached hydrogen (secondary N) is 1. The summed E-state index contributed by atoms with van der Waals surface area (Å²) < 4.78 is 4.62. The maximum Gasteiger partial charge on any atom is 0.349 e. The number of carbonyl (C=O) groups excluding carboxylic acids is 1. The molecular formula is C12H20N2O2S. The fourth-order valence-electron chi connectivity index (χ4n) is 1.42. The molecule has 0 spiro atoms. The van der Waals surface area contributed by atoms with Crippen LogP contribution in [-0.4, -0.2) is 24.6 Å². The number of rotatable bonds is 7. The first kappa shape index (κ1) is 14.0. The first-order valence-electron chi connectivity index (χ1n) is 5.91. The smallest absolute Gasteiger partial charge is 0.349 e. The third-order valence-electron chi connectivity index (χ3n) is 2.38. The van der Waals surface area contributed by atoms with Gasteiger partial charge in [-0.3, -0.25) is 0 Å². The van der Waals surface area contributed by atoms with Crippen LogP contribution in [0.2, 0.25) is 0 Å². The molecule has 1 aromatic rings. The van der Waals surface area contributed by atoms with Crippen LogP contribution < -0.4 is 5.32 Å². The highest BCUT2D eigenvalue weighted by atomic mass is 32.1. The van der Waals surface area contributed by atoms with E-state index in [-0.39, 0.29) is 5.97 Å². The fraction of sp³-hybridized carbons (Fsp3) is 0.667. The van der Waals surface area contributed by atoms with E-state index in [1.165, 1.54) is 31.3 Å². The maximum absolute atomic E-state index is 11.2. The van der Waals surface area contributed by atoms with Crippen LogP contribution in [0.15, 0.2) is 6.20 Å². The van der Waals surface area contributed by atoms with Gasteiger partial charge in [0.15, 0.2) is 5.13 Å². The molecule has 1 N–H and O–H groups in total. The van der Waals surface area contributed by atoms with Crippen molar-refractivity contribution in [3.63, 3.8) is 0 Å². The number of unbranched alkanes of at least 4 members (excludes halogenated alkanes) is 1. The third kappa shape index (κ3) is 5.17. The Bertz CT molecular complexity index is 350. The molecule has 96 valence electrons. The molecule has 4 nitrogen and oxygen atoms in total. The number of carbonyl (C=O) groups is 1. The van der Waals surface area contributed by atoms with Gasteiger partial charge in [0.05, 0.1) is 13.3 Å². The first-order chi connectivity index (χ1) is 8.13. The summed E-state index contributed by atoms with van der Waals surface area (Å²) in [4.78, 5) is 15.9. The lowest BCUT2D eigenvalue weighted by Crippen LogP contribution is -2.01. The summed E-state index contributed by atoms with van der Waals surface area (Å²) in [7, 11) is 1.38. The van der Waals surface area contributed by atoms with Gasteiger partial charge in [-0.1, -0.05) is 38.0 Å². The molecule has 0 saturated carbocycles. The van der Waals surface area contributed by atoms with Crippen molar-refractivity contribution in [3.8, 4) is 0 Å². The second-order valence-corrected chi connectivity index (χ2v) is 5.37. The number of thiazole rings is 1. The van der Waals surface area contributed by atoms with Crippen molar-refractivity contribution in [2.45, 2.75) is 33.1 Å². The number of hydrogen-bond donors (Lipinski definition) is 1. The SMILES string of the molecule is COC(=O)c1cnc(NCCCCC(C)C)s1. The Morgan fingerprint density at radius 2 is 2.29 bits per heavy atom. The van der Waals surface area contributed by atoms with Gasteiger partial charge in [-0.05, 0) is 12.3 Å². The van der Waals surface area contributed by atoms with E-state index in [2.05, 4.69) is 28.9 Å². The minimum absolute atomic E-state index is 0.324. The Morgan fingerprint density at radius 1 is 1.53 bits per heavy atom. The lowest BCUT2D eigenvalue weighted by atomic mass is 10.1. The molecule has 17 heavy (non-hydrogen) atoms. The second kappa shape index (κ2) is 7.27. The molecule has 0 saturated heterocycles. The van der Waals surface area contributed by atoms with Crippen LogP contribution in [0.5, 0.6) is 0 Å². The predicted octanol–water partition coefficient (Wildman–Crippen LogP) is 3.17. The molecule has 0 aromatic carbocycles. The lowest BCUT2D eigenvalue weighted by Gasteiger charge is -2.04. The Kier molecular flexibility index (Phi) is 5.97. The predicted molar refractivity (Wildman–Crippen MR) is 70.6 cm³/mol. The molecule has 0 aliphatic carbocycles. The average Bonchev–Trinajstić information content (AvgIpc) is 2.76. The fourth-order valence-corrected chi connectivity index (χ4v) is 2.18. The van der Waals surface area contributed by atoms with E-state index in [9.17, 15) is 4.79 Å². The Labute approximate surface area is 106 Å². The third-order valence-corrected chi connectivity index (χ3v) is 3.31. The highest BCUT2D eigenvalue weighted by molar-refractivity contribution is 7.17. The number of anilines is 1. The number of hydrogen-bond acceptors (Lipinski definition) is 5. The summed E-state index contributed by atoms with van der Waals surface area (Å²) in [5.41, 5.74) is 0. The van der Waals surface area contributed by atoms with Crippen LogP contribution in [0.4, 0.5) is 5.13 Å². The van der Waals surface area contributed by atoms with Crippen molar-refractivity contribution in [2.75, 3.05) is 19.0 Å².